The molecule has 0 atom stereocenters. The maximum atomic E-state index is 6.16. The Hall–Kier alpha value is -4.48. The predicted molar refractivity (Wildman–Crippen MR) is 178 cm³/mol. The summed E-state index contributed by atoms with van der Waals surface area (Å²) in [7, 11) is 2.13. The van der Waals surface area contributed by atoms with Gasteiger partial charge in [-0.3, -0.25) is 4.90 Å². The fraction of sp³-hybridized carbons (Fsp3) is 0.263. The summed E-state index contributed by atoms with van der Waals surface area (Å²) in [6.45, 7) is 10.9. The third-order valence-electron chi connectivity index (χ3n) is 7.61. The van der Waals surface area contributed by atoms with Crippen molar-refractivity contribution in [1.29, 1.82) is 0 Å². The van der Waals surface area contributed by atoms with Gasteiger partial charge < -0.3 is 4.74 Å². The largest absolute Gasteiger partial charge is 0.492 e. The van der Waals surface area contributed by atoms with E-state index >= 15 is 0 Å². The Labute approximate surface area is 256 Å². The molecule has 0 saturated heterocycles. The number of allylic oxidation sites excluding steroid dienone is 1. The Morgan fingerprint density at radius 3 is 1.95 bits per heavy atom. The average Bonchev–Trinajstić information content (AvgIpc) is 3.53. The van der Waals surface area contributed by atoms with Gasteiger partial charge in [-0.15, -0.1) is 5.10 Å². The van der Waals surface area contributed by atoms with Crippen LogP contribution in [-0.4, -0.2) is 40.1 Å². The lowest BCUT2D eigenvalue weighted by Gasteiger charge is -2.18. The Kier molecular flexibility index (Phi) is 9.53. The van der Waals surface area contributed by atoms with E-state index in [0.717, 1.165) is 36.5 Å². The van der Waals surface area contributed by atoms with Crippen LogP contribution in [0.2, 0.25) is 0 Å². The summed E-state index contributed by atoms with van der Waals surface area (Å²) in [6.07, 6.45) is 2.95. The molecule has 1 heterocycles. The molecule has 4 aromatic carbocycles. The van der Waals surface area contributed by atoms with E-state index in [1.165, 1.54) is 33.4 Å². The van der Waals surface area contributed by atoms with E-state index in [0.29, 0.717) is 6.61 Å². The van der Waals surface area contributed by atoms with E-state index in [2.05, 4.69) is 159 Å². The van der Waals surface area contributed by atoms with Crippen molar-refractivity contribution in [3.05, 3.63) is 138 Å². The van der Waals surface area contributed by atoms with Gasteiger partial charge in [-0.05, 0) is 79.8 Å². The normalized spacial score (nSPS) is 12.3. The van der Waals surface area contributed by atoms with Crippen molar-refractivity contribution in [2.24, 2.45) is 0 Å². The number of benzene rings is 4. The average molecular weight is 571 g/mol. The zero-order valence-electron chi connectivity index (χ0n) is 26.0. The van der Waals surface area contributed by atoms with Gasteiger partial charge in [0.15, 0.2) is 0 Å². The molecule has 0 saturated carbocycles. The quantitative estimate of drug-likeness (QED) is 0.149. The minimum Gasteiger partial charge on any atom is -0.492 e. The van der Waals surface area contributed by atoms with Crippen LogP contribution in [0.3, 0.4) is 0 Å². The van der Waals surface area contributed by atoms with Crippen molar-refractivity contribution in [2.75, 3.05) is 20.2 Å². The predicted octanol–water partition coefficient (Wildman–Crippen LogP) is 8.58. The van der Waals surface area contributed by atoms with Crippen LogP contribution in [-0.2, 0) is 12.1 Å². The minimum atomic E-state index is -0.0822. The molecule has 220 valence electrons. The van der Waals surface area contributed by atoms with E-state index in [4.69, 9.17) is 4.74 Å². The molecular weight excluding hydrogens is 528 g/mol. The Bertz CT molecular complexity index is 1610. The lowest BCUT2D eigenvalue weighted by molar-refractivity contribution is 0.233. The lowest BCUT2D eigenvalue weighted by atomic mass is 9.88. The highest BCUT2D eigenvalue weighted by Crippen LogP contribution is 2.35. The van der Waals surface area contributed by atoms with E-state index in [1.54, 1.807) is 0 Å². The smallest absolute Gasteiger partial charge is 0.119 e. The topological polar surface area (TPSA) is 43.2 Å². The van der Waals surface area contributed by atoms with Crippen LogP contribution >= 0.6 is 0 Å². The summed E-state index contributed by atoms with van der Waals surface area (Å²) < 4.78 is 8.06. The molecule has 0 N–H and O–H groups in total. The maximum Gasteiger partial charge on any atom is 0.119 e. The number of nitrogens with zero attached hydrogens (tertiary/aromatic N) is 4. The molecule has 5 heteroatoms. The summed E-state index contributed by atoms with van der Waals surface area (Å²) in [5.74, 6) is 0.884. The van der Waals surface area contributed by atoms with Gasteiger partial charge in [-0.25, -0.2) is 4.68 Å². The highest BCUT2D eigenvalue weighted by Gasteiger charge is 2.16. The number of ether oxygens (including phenoxy) is 1. The second-order valence-electron chi connectivity index (χ2n) is 12.0. The van der Waals surface area contributed by atoms with Crippen LogP contribution < -0.4 is 4.74 Å². The van der Waals surface area contributed by atoms with E-state index < -0.39 is 0 Å². The van der Waals surface area contributed by atoms with E-state index in [1.807, 2.05) is 10.9 Å². The van der Waals surface area contributed by atoms with Crippen molar-refractivity contribution >= 4 is 11.1 Å². The number of hydrogen-bond donors (Lipinski definition) is 0. The fourth-order valence-corrected chi connectivity index (χ4v) is 5.22. The molecule has 0 aliphatic carbocycles. The van der Waals surface area contributed by atoms with Crippen LogP contribution in [0.15, 0.2) is 115 Å². The van der Waals surface area contributed by atoms with Crippen LogP contribution in [0.25, 0.3) is 22.4 Å². The molecule has 0 radical (unpaired) electrons. The molecular formula is C38H42N4O. The third kappa shape index (κ3) is 7.68. The molecule has 0 aliphatic heterocycles. The van der Waals surface area contributed by atoms with Crippen LogP contribution in [0, 0.1) is 0 Å². The molecule has 0 aliphatic rings. The maximum absolute atomic E-state index is 6.16. The van der Waals surface area contributed by atoms with Crippen LogP contribution in [0.4, 0.5) is 0 Å². The fourth-order valence-electron chi connectivity index (χ4n) is 5.22. The lowest BCUT2D eigenvalue weighted by Crippen LogP contribution is -2.23. The van der Waals surface area contributed by atoms with Gasteiger partial charge >= 0.3 is 0 Å². The standard InChI is InChI=1S/C38H42N4O/c1-6-35(30-13-9-7-10-14-30)37(32-15-11-8-12-16-32)33-21-23-34(24-22-33)43-26-25-41(5)27-29-17-19-31(20-18-29)36-28-42(40-39-36)38(2,3)4/h7-24,28H,6,25-27H2,1-5H3/b37-35-. The van der Waals surface area contributed by atoms with Crippen molar-refractivity contribution in [3.8, 4) is 17.0 Å². The number of hydrogen-bond acceptors (Lipinski definition) is 4. The summed E-state index contributed by atoms with van der Waals surface area (Å²) in [5, 5.41) is 8.64. The molecule has 5 aromatic rings. The summed E-state index contributed by atoms with van der Waals surface area (Å²) in [5.41, 5.74) is 9.43. The Balaban J connectivity index is 1.20. The molecule has 1 aromatic heterocycles. The van der Waals surface area contributed by atoms with E-state index in [9.17, 15) is 0 Å². The van der Waals surface area contributed by atoms with Gasteiger partial charge in [0.25, 0.3) is 0 Å². The van der Waals surface area contributed by atoms with Gasteiger partial charge in [0.2, 0.25) is 0 Å². The van der Waals surface area contributed by atoms with Gasteiger partial charge in [0, 0.05) is 18.7 Å². The van der Waals surface area contributed by atoms with Crippen molar-refractivity contribution in [3.63, 3.8) is 0 Å². The summed E-state index contributed by atoms with van der Waals surface area (Å²) in [4.78, 5) is 2.28. The highest BCUT2D eigenvalue weighted by molar-refractivity contribution is 5.98. The number of rotatable bonds is 11. The van der Waals surface area contributed by atoms with Gasteiger partial charge in [0.05, 0.1) is 11.7 Å². The van der Waals surface area contributed by atoms with Crippen molar-refractivity contribution < 1.29 is 4.74 Å². The zero-order valence-corrected chi connectivity index (χ0v) is 26.0. The second-order valence-corrected chi connectivity index (χ2v) is 12.0. The van der Waals surface area contributed by atoms with Gasteiger partial charge in [-0.1, -0.05) is 109 Å². The molecule has 43 heavy (non-hydrogen) atoms. The first kappa shape index (κ1) is 30.0. The number of likely N-dealkylation sites (N-methyl/N-ethyl adjacent to an activating group) is 1. The van der Waals surface area contributed by atoms with Crippen LogP contribution in [0.5, 0.6) is 5.75 Å². The first-order chi connectivity index (χ1) is 20.8. The third-order valence-corrected chi connectivity index (χ3v) is 7.61. The molecule has 0 spiro atoms. The monoisotopic (exact) mass is 570 g/mol. The van der Waals surface area contributed by atoms with Gasteiger partial charge in [0.1, 0.15) is 18.1 Å². The molecule has 5 nitrogen and oxygen atoms in total. The van der Waals surface area contributed by atoms with E-state index in [-0.39, 0.29) is 5.54 Å². The zero-order chi connectivity index (χ0) is 30.2. The first-order valence-electron chi connectivity index (χ1n) is 15.1. The van der Waals surface area contributed by atoms with Gasteiger partial charge in [-0.2, -0.15) is 0 Å². The van der Waals surface area contributed by atoms with Crippen molar-refractivity contribution in [2.45, 2.75) is 46.2 Å². The summed E-state index contributed by atoms with van der Waals surface area (Å²) in [6, 6.07) is 38.5. The molecule has 0 bridgehead atoms. The molecule has 0 unspecified atom stereocenters. The molecule has 0 amide bonds. The first-order valence-corrected chi connectivity index (χ1v) is 15.1. The Morgan fingerprint density at radius 2 is 1.37 bits per heavy atom. The number of aromatic nitrogens is 3. The Morgan fingerprint density at radius 1 is 0.767 bits per heavy atom. The second kappa shape index (κ2) is 13.7. The highest BCUT2D eigenvalue weighted by atomic mass is 16.5. The van der Waals surface area contributed by atoms with Crippen LogP contribution in [0.1, 0.15) is 56.4 Å². The summed E-state index contributed by atoms with van der Waals surface area (Å²) >= 11 is 0. The SMILES string of the molecule is CC/C(=C(\c1ccccc1)c1ccc(OCCN(C)Cc2ccc(-c3cn(C(C)(C)C)nn3)cc2)cc1)c1ccccc1. The molecule has 0 fully saturated rings. The minimum absolute atomic E-state index is 0.0822. The van der Waals surface area contributed by atoms with Crippen molar-refractivity contribution in [1.82, 2.24) is 19.9 Å². The molecule has 5 rings (SSSR count).